The van der Waals surface area contributed by atoms with Crippen LogP contribution < -0.4 is 5.43 Å². The van der Waals surface area contributed by atoms with Gasteiger partial charge < -0.3 is 0 Å². The smallest absolute Gasteiger partial charge is 0.281 e. The third kappa shape index (κ3) is 4.47. The van der Waals surface area contributed by atoms with E-state index in [9.17, 15) is 18.0 Å². The molecule has 1 amide bonds. The van der Waals surface area contributed by atoms with Gasteiger partial charge in [0.15, 0.2) is 5.17 Å². The first-order valence-electron chi connectivity index (χ1n) is 6.44. The summed E-state index contributed by atoms with van der Waals surface area (Å²) in [7, 11) is 0. The van der Waals surface area contributed by atoms with E-state index in [1.54, 1.807) is 0 Å². The molecule has 9 heteroatoms. The number of hydrazine groups is 1. The molecule has 0 spiro atoms. The lowest BCUT2D eigenvalue weighted by Gasteiger charge is -2.18. The van der Waals surface area contributed by atoms with Crippen LogP contribution >= 0.6 is 27.7 Å². The van der Waals surface area contributed by atoms with Crippen molar-refractivity contribution in [3.8, 4) is 0 Å². The number of amides is 1. The normalized spacial score (nSPS) is 20.7. The fraction of sp³-hybridized carbons (Fsp3) is 0.385. The lowest BCUT2D eigenvalue weighted by atomic mass is 10.2. The summed E-state index contributed by atoms with van der Waals surface area (Å²) >= 11 is 4.44. The lowest BCUT2D eigenvalue weighted by Crippen LogP contribution is -2.37. The number of alkyl halides is 3. The molecular weight excluding hydrogens is 383 g/mol. The van der Waals surface area contributed by atoms with Crippen molar-refractivity contribution in [3.05, 3.63) is 34.3 Å². The Balaban J connectivity index is 2.17. The van der Waals surface area contributed by atoms with Crippen LogP contribution in [0.15, 0.2) is 33.7 Å². The molecule has 2 rings (SSSR count). The maximum absolute atomic E-state index is 12.4. The van der Waals surface area contributed by atoms with E-state index < -0.39 is 12.1 Å². The highest BCUT2D eigenvalue weighted by Crippen LogP contribution is 2.27. The number of rotatable bonds is 3. The van der Waals surface area contributed by atoms with Crippen molar-refractivity contribution in [2.75, 3.05) is 0 Å². The molecule has 1 heterocycles. The van der Waals surface area contributed by atoms with Crippen LogP contribution in [0.2, 0.25) is 0 Å². The molecular formula is C13H13BrF3N3OS. The zero-order valence-electron chi connectivity index (χ0n) is 11.5. The second-order valence-electron chi connectivity index (χ2n) is 4.55. The zero-order chi connectivity index (χ0) is 16.3. The number of hydrogen-bond acceptors (Lipinski definition) is 3. The molecule has 1 unspecified atom stereocenters. The third-order valence-electron chi connectivity index (χ3n) is 2.84. The van der Waals surface area contributed by atoms with Gasteiger partial charge in [-0.1, -0.05) is 46.7 Å². The Hall–Kier alpha value is -1.06. The number of aliphatic imine (C=N–C) groups is 1. The van der Waals surface area contributed by atoms with Crippen molar-refractivity contribution in [3.63, 3.8) is 0 Å². The van der Waals surface area contributed by atoms with Crippen molar-refractivity contribution in [2.24, 2.45) is 4.99 Å². The summed E-state index contributed by atoms with van der Waals surface area (Å²) in [4.78, 5) is 14.3. The Morgan fingerprint density at radius 1 is 1.41 bits per heavy atom. The fourth-order valence-corrected chi connectivity index (χ4v) is 2.99. The SMILES string of the molecule is CCC1NN(Cc2ccc(Br)cc2)C(=NC(=O)C(F)(F)F)S1. The Morgan fingerprint density at radius 2 is 2.05 bits per heavy atom. The molecule has 1 aromatic rings. The fourth-order valence-electron chi connectivity index (χ4n) is 1.74. The van der Waals surface area contributed by atoms with Crippen LogP contribution in [-0.4, -0.2) is 27.6 Å². The van der Waals surface area contributed by atoms with Gasteiger partial charge in [-0.15, -0.1) is 0 Å². The molecule has 0 aliphatic carbocycles. The summed E-state index contributed by atoms with van der Waals surface area (Å²) < 4.78 is 38.0. The average Bonchev–Trinajstić information content (AvgIpc) is 2.82. The first-order valence-corrected chi connectivity index (χ1v) is 8.11. The van der Waals surface area contributed by atoms with Crippen molar-refractivity contribution < 1.29 is 18.0 Å². The highest BCUT2D eigenvalue weighted by Gasteiger charge is 2.40. The summed E-state index contributed by atoms with van der Waals surface area (Å²) in [6, 6.07) is 7.37. The van der Waals surface area contributed by atoms with Crippen molar-refractivity contribution in [1.82, 2.24) is 10.4 Å². The number of carbonyl (C=O) groups is 1. The largest absolute Gasteiger partial charge is 0.473 e. The molecule has 1 aliphatic heterocycles. The second kappa shape index (κ2) is 7.01. The first-order chi connectivity index (χ1) is 10.3. The molecule has 1 atom stereocenters. The Morgan fingerprint density at radius 3 is 2.59 bits per heavy atom. The molecule has 0 saturated carbocycles. The topological polar surface area (TPSA) is 44.7 Å². The molecule has 4 nitrogen and oxygen atoms in total. The number of halogens is 4. The molecule has 0 bridgehead atoms. The maximum Gasteiger partial charge on any atom is 0.473 e. The van der Waals surface area contributed by atoms with Crippen LogP contribution in [0.25, 0.3) is 0 Å². The third-order valence-corrected chi connectivity index (χ3v) is 4.62. The summed E-state index contributed by atoms with van der Waals surface area (Å²) in [5.74, 6) is -2.09. The number of carbonyl (C=O) groups excluding carboxylic acids is 1. The van der Waals surface area contributed by atoms with Gasteiger partial charge in [-0.25, -0.2) is 5.43 Å². The Kier molecular flexibility index (Phi) is 5.51. The lowest BCUT2D eigenvalue weighted by molar-refractivity contribution is -0.169. The molecule has 1 fully saturated rings. The van der Waals surface area contributed by atoms with Crippen LogP contribution in [0.1, 0.15) is 18.9 Å². The second-order valence-corrected chi connectivity index (χ2v) is 6.64. The molecule has 1 N–H and O–H groups in total. The molecule has 0 aromatic heterocycles. The summed E-state index contributed by atoms with van der Waals surface area (Å²) in [5.41, 5.74) is 3.93. The number of nitrogens with zero attached hydrogens (tertiary/aromatic N) is 2. The minimum absolute atomic E-state index is 0.0390. The predicted octanol–water partition coefficient (Wildman–Crippen LogP) is 3.68. The standard InChI is InChI=1S/C13H13BrF3N3OS/c1-2-10-19-20(7-8-3-5-9(14)6-4-8)12(22-10)18-11(21)13(15,16)17/h3-6,10,19H,2,7H2,1H3. The van der Waals surface area contributed by atoms with E-state index >= 15 is 0 Å². The first kappa shape index (κ1) is 17.3. The predicted molar refractivity (Wildman–Crippen MR) is 83.0 cm³/mol. The van der Waals surface area contributed by atoms with Crippen LogP contribution in [0.3, 0.4) is 0 Å². The number of benzene rings is 1. The van der Waals surface area contributed by atoms with Crippen LogP contribution in [0, 0.1) is 0 Å². The number of hydrogen-bond donors (Lipinski definition) is 1. The number of thioether (sulfide) groups is 1. The summed E-state index contributed by atoms with van der Waals surface area (Å²) in [6.45, 7) is 2.22. The molecule has 1 saturated heterocycles. The minimum Gasteiger partial charge on any atom is -0.281 e. The highest BCUT2D eigenvalue weighted by atomic mass is 79.9. The van der Waals surface area contributed by atoms with Gasteiger partial charge in [0.25, 0.3) is 0 Å². The van der Waals surface area contributed by atoms with Crippen LogP contribution in [-0.2, 0) is 11.3 Å². The highest BCUT2D eigenvalue weighted by molar-refractivity contribution is 9.10. The summed E-state index contributed by atoms with van der Waals surface area (Å²) in [6.07, 6.45) is -4.26. The quantitative estimate of drug-likeness (QED) is 0.847. The van der Waals surface area contributed by atoms with Crippen molar-refractivity contribution in [2.45, 2.75) is 31.4 Å². The number of amidine groups is 1. The van der Waals surface area contributed by atoms with E-state index in [2.05, 4.69) is 26.3 Å². The Labute approximate surface area is 138 Å². The minimum atomic E-state index is -4.96. The van der Waals surface area contributed by atoms with Gasteiger partial charge in [-0.2, -0.15) is 18.2 Å². The van der Waals surface area contributed by atoms with Gasteiger partial charge in [0, 0.05) is 4.47 Å². The zero-order valence-corrected chi connectivity index (χ0v) is 13.9. The van der Waals surface area contributed by atoms with Gasteiger partial charge >= 0.3 is 12.1 Å². The van der Waals surface area contributed by atoms with Gasteiger partial charge in [-0.05, 0) is 24.1 Å². The molecule has 22 heavy (non-hydrogen) atoms. The van der Waals surface area contributed by atoms with Crippen molar-refractivity contribution >= 4 is 38.8 Å². The van der Waals surface area contributed by atoms with E-state index in [1.807, 2.05) is 31.2 Å². The Bertz CT molecular complexity index is 577. The maximum atomic E-state index is 12.4. The molecule has 1 aromatic carbocycles. The van der Waals surface area contributed by atoms with Gasteiger partial charge in [0.05, 0.1) is 11.9 Å². The van der Waals surface area contributed by atoms with Crippen LogP contribution in [0.5, 0.6) is 0 Å². The van der Waals surface area contributed by atoms with Gasteiger partial charge in [0.2, 0.25) is 0 Å². The molecule has 120 valence electrons. The molecule has 0 radical (unpaired) electrons. The van der Waals surface area contributed by atoms with Gasteiger partial charge in [-0.3, -0.25) is 9.80 Å². The monoisotopic (exact) mass is 395 g/mol. The van der Waals surface area contributed by atoms with E-state index in [0.717, 1.165) is 21.8 Å². The van der Waals surface area contributed by atoms with E-state index in [-0.39, 0.29) is 10.5 Å². The average molecular weight is 396 g/mol. The van der Waals surface area contributed by atoms with Crippen molar-refractivity contribution in [1.29, 1.82) is 0 Å². The van der Waals surface area contributed by atoms with E-state index in [4.69, 9.17) is 0 Å². The molecule has 1 aliphatic rings. The van der Waals surface area contributed by atoms with E-state index in [1.165, 1.54) is 5.01 Å². The number of nitrogens with one attached hydrogen (secondary N) is 1. The van der Waals surface area contributed by atoms with Gasteiger partial charge in [0.1, 0.15) is 0 Å². The van der Waals surface area contributed by atoms with E-state index in [0.29, 0.717) is 13.0 Å². The van der Waals surface area contributed by atoms with Crippen LogP contribution in [0.4, 0.5) is 13.2 Å². The summed E-state index contributed by atoms with van der Waals surface area (Å²) in [5, 5.41) is 1.42.